The zero-order valence-electron chi connectivity index (χ0n) is 10.2. The van der Waals surface area contributed by atoms with Crippen LogP contribution in [0.4, 0.5) is 0 Å². The third-order valence-corrected chi connectivity index (χ3v) is 2.11. The van der Waals surface area contributed by atoms with Gasteiger partial charge >= 0.3 is 0 Å². The zero-order chi connectivity index (χ0) is 11.2. The molecule has 0 saturated heterocycles. The van der Waals surface area contributed by atoms with Crippen molar-refractivity contribution in [1.82, 2.24) is 0 Å². The first-order valence-corrected chi connectivity index (χ1v) is 6.03. The summed E-state index contributed by atoms with van der Waals surface area (Å²) in [5.41, 5.74) is 0. The SMILES string of the molecule is C/C=C/C=C/C=C/C=C/CCCCCC. The van der Waals surface area contributed by atoms with Gasteiger partial charge in [0, 0.05) is 0 Å². The van der Waals surface area contributed by atoms with Crippen molar-refractivity contribution in [1.29, 1.82) is 0 Å². The first-order chi connectivity index (χ1) is 7.41. The van der Waals surface area contributed by atoms with Gasteiger partial charge < -0.3 is 0 Å². The van der Waals surface area contributed by atoms with Crippen LogP contribution in [0, 0.1) is 0 Å². The van der Waals surface area contributed by atoms with Crippen LogP contribution in [0.25, 0.3) is 0 Å². The number of hydrogen-bond acceptors (Lipinski definition) is 0. The molecule has 0 atom stereocenters. The van der Waals surface area contributed by atoms with Crippen LogP contribution in [0.15, 0.2) is 48.6 Å². The number of hydrogen-bond donors (Lipinski definition) is 0. The summed E-state index contributed by atoms with van der Waals surface area (Å²) < 4.78 is 0. The average Bonchev–Trinajstić information content (AvgIpc) is 2.26. The van der Waals surface area contributed by atoms with Crippen LogP contribution in [-0.2, 0) is 0 Å². The van der Waals surface area contributed by atoms with Gasteiger partial charge in [-0.2, -0.15) is 0 Å². The van der Waals surface area contributed by atoms with E-state index >= 15 is 0 Å². The molecule has 0 spiro atoms. The molecule has 0 aliphatic rings. The Labute approximate surface area is 95.1 Å². The Bertz CT molecular complexity index is 216. The maximum Gasteiger partial charge on any atom is -0.0348 e. The zero-order valence-corrected chi connectivity index (χ0v) is 10.2. The van der Waals surface area contributed by atoms with E-state index in [4.69, 9.17) is 0 Å². The third kappa shape index (κ3) is 13.0. The lowest BCUT2D eigenvalue weighted by Gasteiger charge is -1.92. The van der Waals surface area contributed by atoms with E-state index in [0.29, 0.717) is 0 Å². The van der Waals surface area contributed by atoms with Gasteiger partial charge in [0.2, 0.25) is 0 Å². The first kappa shape index (κ1) is 14.0. The number of allylic oxidation sites excluding steroid dienone is 8. The molecule has 84 valence electrons. The van der Waals surface area contributed by atoms with E-state index in [1.54, 1.807) is 0 Å². The van der Waals surface area contributed by atoms with E-state index < -0.39 is 0 Å². The van der Waals surface area contributed by atoms with Gasteiger partial charge in [0.15, 0.2) is 0 Å². The molecule has 0 aromatic heterocycles. The van der Waals surface area contributed by atoms with E-state index in [1.165, 1.54) is 32.1 Å². The lowest BCUT2D eigenvalue weighted by molar-refractivity contribution is 0.674. The second kappa shape index (κ2) is 13.0. The molecule has 0 rings (SSSR count). The molecule has 0 fully saturated rings. The molecule has 0 amide bonds. The summed E-state index contributed by atoms with van der Waals surface area (Å²) in [6.45, 7) is 4.26. The fourth-order valence-corrected chi connectivity index (χ4v) is 1.23. The fourth-order valence-electron chi connectivity index (χ4n) is 1.23. The van der Waals surface area contributed by atoms with Gasteiger partial charge in [-0.3, -0.25) is 0 Å². The highest BCUT2D eigenvalue weighted by atomic mass is 13.9. The summed E-state index contributed by atoms with van der Waals surface area (Å²) >= 11 is 0. The Morgan fingerprint density at radius 3 is 2.07 bits per heavy atom. The minimum Gasteiger partial charge on any atom is -0.0877 e. The van der Waals surface area contributed by atoms with Crippen molar-refractivity contribution in [2.75, 3.05) is 0 Å². The number of rotatable bonds is 8. The van der Waals surface area contributed by atoms with E-state index in [0.717, 1.165) is 0 Å². The van der Waals surface area contributed by atoms with Gasteiger partial charge in [-0.15, -0.1) is 0 Å². The molecular weight excluding hydrogens is 180 g/mol. The minimum atomic E-state index is 1.21. The van der Waals surface area contributed by atoms with Crippen molar-refractivity contribution >= 4 is 0 Å². The summed E-state index contributed by atoms with van der Waals surface area (Å²) in [6, 6.07) is 0. The van der Waals surface area contributed by atoms with Crippen molar-refractivity contribution < 1.29 is 0 Å². The maximum atomic E-state index is 2.25. The molecule has 0 nitrogen and oxygen atoms in total. The highest BCUT2D eigenvalue weighted by Gasteiger charge is 1.82. The van der Waals surface area contributed by atoms with E-state index in [9.17, 15) is 0 Å². The van der Waals surface area contributed by atoms with Gasteiger partial charge in [0.1, 0.15) is 0 Å². The first-order valence-electron chi connectivity index (χ1n) is 6.03. The fraction of sp³-hybridized carbons (Fsp3) is 0.467. The molecule has 0 heterocycles. The van der Waals surface area contributed by atoms with E-state index in [1.807, 2.05) is 31.2 Å². The highest BCUT2D eigenvalue weighted by Crippen LogP contribution is 2.02. The summed E-state index contributed by atoms with van der Waals surface area (Å²) in [4.78, 5) is 0. The molecule has 0 unspecified atom stereocenters. The van der Waals surface area contributed by atoms with Crippen LogP contribution < -0.4 is 0 Å². The summed E-state index contributed by atoms with van der Waals surface area (Å²) in [5, 5.41) is 0. The predicted molar refractivity (Wildman–Crippen MR) is 71.0 cm³/mol. The Balaban J connectivity index is 3.37. The molecule has 0 bridgehead atoms. The molecule has 0 radical (unpaired) electrons. The van der Waals surface area contributed by atoms with Crippen LogP contribution in [-0.4, -0.2) is 0 Å². The molecule has 0 aliphatic heterocycles. The molecule has 0 N–H and O–H groups in total. The van der Waals surface area contributed by atoms with Crippen LogP contribution in [0.1, 0.15) is 46.0 Å². The molecule has 0 aliphatic carbocycles. The van der Waals surface area contributed by atoms with Crippen molar-refractivity contribution in [2.45, 2.75) is 46.0 Å². The smallest absolute Gasteiger partial charge is 0.0348 e. The predicted octanol–water partition coefficient (Wildman–Crippen LogP) is 5.20. The Morgan fingerprint density at radius 2 is 1.40 bits per heavy atom. The van der Waals surface area contributed by atoms with Crippen LogP contribution in [0.3, 0.4) is 0 Å². The Hall–Kier alpha value is -1.04. The van der Waals surface area contributed by atoms with E-state index in [-0.39, 0.29) is 0 Å². The average molecular weight is 204 g/mol. The highest BCUT2D eigenvalue weighted by molar-refractivity contribution is 5.14. The quantitative estimate of drug-likeness (QED) is 0.376. The third-order valence-electron chi connectivity index (χ3n) is 2.11. The summed E-state index contributed by atoms with van der Waals surface area (Å²) in [5.74, 6) is 0. The van der Waals surface area contributed by atoms with E-state index in [2.05, 4.69) is 31.2 Å². The number of unbranched alkanes of at least 4 members (excludes halogenated alkanes) is 4. The monoisotopic (exact) mass is 204 g/mol. The van der Waals surface area contributed by atoms with Crippen molar-refractivity contribution in [3.8, 4) is 0 Å². The van der Waals surface area contributed by atoms with Crippen molar-refractivity contribution in [3.63, 3.8) is 0 Å². The molecule has 0 heteroatoms. The lowest BCUT2D eigenvalue weighted by Crippen LogP contribution is -1.72. The van der Waals surface area contributed by atoms with Gasteiger partial charge in [-0.05, 0) is 19.8 Å². The van der Waals surface area contributed by atoms with Crippen molar-refractivity contribution in [3.05, 3.63) is 48.6 Å². The largest absolute Gasteiger partial charge is 0.0877 e. The summed E-state index contributed by atoms with van der Waals surface area (Å²) in [7, 11) is 0. The molecular formula is C15H24. The summed E-state index contributed by atoms with van der Waals surface area (Å²) in [6.07, 6.45) is 23.2. The lowest BCUT2D eigenvalue weighted by atomic mass is 10.1. The molecule has 0 saturated carbocycles. The van der Waals surface area contributed by atoms with Gasteiger partial charge in [-0.1, -0.05) is 74.8 Å². The second-order valence-electron chi connectivity index (χ2n) is 3.57. The van der Waals surface area contributed by atoms with Crippen molar-refractivity contribution in [2.24, 2.45) is 0 Å². The topological polar surface area (TPSA) is 0 Å². The second-order valence-corrected chi connectivity index (χ2v) is 3.57. The van der Waals surface area contributed by atoms with Gasteiger partial charge in [-0.25, -0.2) is 0 Å². The van der Waals surface area contributed by atoms with Crippen LogP contribution in [0.5, 0.6) is 0 Å². The normalized spacial score (nSPS) is 12.9. The Kier molecular flexibility index (Phi) is 12.1. The van der Waals surface area contributed by atoms with Crippen LogP contribution in [0.2, 0.25) is 0 Å². The van der Waals surface area contributed by atoms with Crippen LogP contribution >= 0.6 is 0 Å². The molecule has 0 aromatic rings. The standard InChI is InChI=1S/C15H24/c1-3-5-7-9-11-13-15-14-12-10-8-6-4-2/h3,5,7,9,11,13-15H,4,6,8,10,12H2,1-2H3/b5-3+,9-7+,13-11+,15-14+. The molecule has 0 aromatic carbocycles. The Morgan fingerprint density at radius 1 is 0.733 bits per heavy atom. The van der Waals surface area contributed by atoms with Gasteiger partial charge in [0.25, 0.3) is 0 Å². The van der Waals surface area contributed by atoms with Gasteiger partial charge in [0.05, 0.1) is 0 Å². The molecule has 15 heavy (non-hydrogen) atoms. The minimum absolute atomic E-state index is 1.21. The maximum absolute atomic E-state index is 2.25.